The Balaban J connectivity index is 0.000000300. The van der Waals surface area contributed by atoms with Crippen LogP contribution in [0.3, 0.4) is 0 Å². The van der Waals surface area contributed by atoms with Crippen molar-refractivity contribution in [1.29, 1.82) is 0 Å². The SMILES string of the molecule is CCN1/C(=C/C2=CC(=C/c3sc4ccc5ccccc5c4[n+]3CC)/CC(C)(C)C2)Sc2ccccc21.Cc1ccc(S(=O)(=O)[O-])cc1. The van der Waals surface area contributed by atoms with E-state index in [0.29, 0.717) is 0 Å². The van der Waals surface area contributed by atoms with Crippen LogP contribution < -0.4 is 9.47 Å². The van der Waals surface area contributed by atoms with Crippen molar-refractivity contribution in [2.45, 2.75) is 63.8 Å². The molecule has 0 spiro atoms. The standard InChI is InChI=1S/C32H33N2S2.C7H8O3S/c1-5-33-26-13-9-10-14-27(26)35-29(33)18-22-17-23(21-32(3,4)20-22)19-30-34(6-2)31-25-12-8-7-11-24(25)15-16-28(31)36-30;1-6-2-4-7(5-3-6)11(8,9)10/h7-19H,5-6,20-21H2,1-4H3;2-5H,1H3,(H,8,9,10)/q+1;/p-1. The number of para-hydroxylation sites is 1. The van der Waals surface area contributed by atoms with Crippen molar-refractivity contribution in [3.05, 3.63) is 124 Å². The summed E-state index contributed by atoms with van der Waals surface area (Å²) in [5.74, 6) is 0. The lowest BCUT2D eigenvalue weighted by Gasteiger charge is -2.31. The Hall–Kier alpha value is -3.69. The highest BCUT2D eigenvalue weighted by molar-refractivity contribution is 8.03. The van der Waals surface area contributed by atoms with Gasteiger partial charge in [-0.05, 0) is 98.0 Å². The van der Waals surface area contributed by atoms with Gasteiger partial charge >= 0.3 is 0 Å². The van der Waals surface area contributed by atoms with E-state index < -0.39 is 10.1 Å². The Kier molecular flexibility index (Phi) is 9.50. The number of allylic oxidation sites excluding steroid dienone is 4. The number of nitrogens with zero attached hydrogens (tertiary/aromatic N) is 2. The first-order valence-electron chi connectivity index (χ1n) is 16.0. The van der Waals surface area contributed by atoms with Crippen LogP contribution in [0.4, 0.5) is 5.69 Å². The lowest BCUT2D eigenvalue weighted by molar-refractivity contribution is -0.664. The number of aryl methyl sites for hydroxylation is 2. The molecule has 7 rings (SSSR count). The van der Waals surface area contributed by atoms with E-state index in [1.54, 1.807) is 12.1 Å². The van der Waals surface area contributed by atoms with Crippen LogP contribution in [0.2, 0.25) is 0 Å². The first-order valence-corrected chi connectivity index (χ1v) is 19.0. The maximum absolute atomic E-state index is 10.4. The normalized spacial score (nSPS) is 17.6. The first kappa shape index (κ1) is 33.2. The number of thioether (sulfide) groups is 1. The minimum atomic E-state index is -4.27. The van der Waals surface area contributed by atoms with Gasteiger partial charge in [0.1, 0.15) is 21.4 Å². The predicted molar refractivity (Wildman–Crippen MR) is 197 cm³/mol. The highest BCUT2D eigenvalue weighted by Crippen LogP contribution is 2.47. The molecule has 0 fully saturated rings. The molecule has 0 radical (unpaired) electrons. The van der Waals surface area contributed by atoms with E-state index in [-0.39, 0.29) is 10.3 Å². The fourth-order valence-corrected chi connectivity index (χ4v) is 9.39. The quantitative estimate of drug-likeness (QED) is 0.137. The van der Waals surface area contributed by atoms with Gasteiger partial charge in [-0.2, -0.15) is 4.57 Å². The second kappa shape index (κ2) is 13.4. The minimum Gasteiger partial charge on any atom is -0.744 e. The zero-order valence-electron chi connectivity index (χ0n) is 27.5. The molecule has 2 aliphatic rings. The Morgan fingerprint density at radius 3 is 2.36 bits per heavy atom. The Labute approximate surface area is 286 Å². The number of benzene rings is 4. The third-order valence-corrected chi connectivity index (χ3v) is 11.6. The summed E-state index contributed by atoms with van der Waals surface area (Å²) in [6, 6.07) is 27.9. The number of hydrogen-bond acceptors (Lipinski definition) is 6. The van der Waals surface area contributed by atoms with Gasteiger partial charge in [-0.15, -0.1) is 0 Å². The summed E-state index contributed by atoms with van der Waals surface area (Å²) in [6.45, 7) is 13.1. The number of aromatic nitrogens is 1. The number of hydrogen-bond donors (Lipinski definition) is 0. The molecule has 242 valence electrons. The van der Waals surface area contributed by atoms with Crippen LogP contribution in [-0.4, -0.2) is 19.5 Å². The fraction of sp³-hybridized carbons (Fsp3) is 0.256. The van der Waals surface area contributed by atoms with Crippen LogP contribution in [0, 0.1) is 12.3 Å². The van der Waals surface area contributed by atoms with Gasteiger partial charge in [0, 0.05) is 17.5 Å². The van der Waals surface area contributed by atoms with Gasteiger partial charge < -0.3 is 9.45 Å². The van der Waals surface area contributed by atoms with Gasteiger partial charge in [0.05, 0.1) is 21.0 Å². The summed E-state index contributed by atoms with van der Waals surface area (Å²) in [5.41, 5.74) is 6.73. The summed E-state index contributed by atoms with van der Waals surface area (Å²) in [5, 5.41) is 5.35. The van der Waals surface area contributed by atoms with E-state index in [1.165, 1.54) is 64.9 Å². The molecule has 0 N–H and O–H groups in total. The molecule has 47 heavy (non-hydrogen) atoms. The molecule has 2 heterocycles. The second-order valence-corrected chi connectivity index (χ2v) is 16.3. The van der Waals surface area contributed by atoms with Gasteiger partial charge in [-0.1, -0.05) is 97.1 Å². The number of rotatable bonds is 5. The fourth-order valence-electron chi connectivity index (χ4n) is 6.50. The molecule has 0 bridgehead atoms. The summed E-state index contributed by atoms with van der Waals surface area (Å²) in [4.78, 5) is 3.63. The van der Waals surface area contributed by atoms with Crippen molar-refractivity contribution in [3.8, 4) is 0 Å². The molecule has 0 saturated heterocycles. The van der Waals surface area contributed by atoms with Gasteiger partial charge in [0.2, 0.25) is 5.52 Å². The molecule has 0 unspecified atom stereocenters. The average molecular weight is 681 g/mol. The van der Waals surface area contributed by atoms with Crippen LogP contribution >= 0.6 is 23.1 Å². The highest BCUT2D eigenvalue weighted by atomic mass is 32.2. The average Bonchev–Trinajstić information content (AvgIpc) is 3.57. The van der Waals surface area contributed by atoms with Crippen molar-refractivity contribution >= 4 is 66.0 Å². The zero-order chi connectivity index (χ0) is 33.3. The second-order valence-electron chi connectivity index (χ2n) is 12.8. The van der Waals surface area contributed by atoms with E-state index in [1.807, 2.05) is 30.0 Å². The zero-order valence-corrected chi connectivity index (χ0v) is 29.9. The van der Waals surface area contributed by atoms with Crippen molar-refractivity contribution in [2.24, 2.45) is 5.41 Å². The van der Waals surface area contributed by atoms with Gasteiger partial charge in [0.25, 0.3) is 5.01 Å². The summed E-state index contributed by atoms with van der Waals surface area (Å²) in [7, 11) is -4.27. The smallest absolute Gasteiger partial charge is 0.263 e. The van der Waals surface area contributed by atoms with Crippen LogP contribution in [0.15, 0.2) is 123 Å². The molecule has 4 aromatic carbocycles. The monoisotopic (exact) mass is 680 g/mol. The van der Waals surface area contributed by atoms with Crippen molar-refractivity contribution in [2.75, 3.05) is 11.4 Å². The molecule has 1 aliphatic carbocycles. The third-order valence-electron chi connectivity index (χ3n) is 8.55. The lowest BCUT2D eigenvalue weighted by Crippen LogP contribution is -2.33. The van der Waals surface area contributed by atoms with Crippen LogP contribution in [-0.2, 0) is 16.7 Å². The largest absolute Gasteiger partial charge is 0.744 e. The van der Waals surface area contributed by atoms with Gasteiger partial charge in [-0.25, -0.2) is 8.42 Å². The molecule has 1 aromatic heterocycles. The number of thiazole rings is 1. The van der Waals surface area contributed by atoms with E-state index in [9.17, 15) is 13.0 Å². The molecule has 0 saturated carbocycles. The molecule has 8 heteroatoms. The van der Waals surface area contributed by atoms with Crippen molar-refractivity contribution in [1.82, 2.24) is 0 Å². The molecule has 0 atom stereocenters. The molecular formula is C39H40N2O3S3. The van der Waals surface area contributed by atoms with Crippen LogP contribution in [0.25, 0.3) is 27.1 Å². The highest BCUT2D eigenvalue weighted by Gasteiger charge is 2.29. The third kappa shape index (κ3) is 7.26. The summed E-state index contributed by atoms with van der Waals surface area (Å²) < 4.78 is 35.0. The predicted octanol–water partition coefficient (Wildman–Crippen LogP) is 9.86. The van der Waals surface area contributed by atoms with Gasteiger partial charge in [0.15, 0.2) is 0 Å². The maximum Gasteiger partial charge on any atom is 0.263 e. The van der Waals surface area contributed by atoms with Crippen molar-refractivity contribution < 1.29 is 17.5 Å². The van der Waals surface area contributed by atoms with Crippen LogP contribution in [0.5, 0.6) is 0 Å². The topological polar surface area (TPSA) is 64.3 Å². The maximum atomic E-state index is 10.4. The first-order chi connectivity index (χ1) is 22.5. The van der Waals surface area contributed by atoms with E-state index in [4.69, 9.17) is 0 Å². The lowest BCUT2D eigenvalue weighted by atomic mass is 9.75. The Morgan fingerprint density at radius 1 is 0.915 bits per heavy atom. The van der Waals surface area contributed by atoms with Crippen molar-refractivity contribution in [3.63, 3.8) is 0 Å². The summed E-state index contributed by atoms with van der Waals surface area (Å²) >= 11 is 3.82. The van der Waals surface area contributed by atoms with Crippen LogP contribution in [0.1, 0.15) is 51.1 Å². The Morgan fingerprint density at radius 2 is 1.64 bits per heavy atom. The number of fused-ring (bicyclic) bond motifs is 4. The van der Waals surface area contributed by atoms with E-state index >= 15 is 0 Å². The summed E-state index contributed by atoms with van der Waals surface area (Å²) in [6.07, 6.45) is 9.56. The number of anilines is 1. The molecule has 5 nitrogen and oxygen atoms in total. The van der Waals surface area contributed by atoms with E-state index in [0.717, 1.165) is 31.5 Å². The molecule has 0 amide bonds. The van der Waals surface area contributed by atoms with Gasteiger partial charge in [-0.3, -0.25) is 0 Å². The molecular weight excluding hydrogens is 641 g/mol. The molecule has 1 aliphatic heterocycles. The minimum absolute atomic E-state index is 0.178. The Bertz CT molecular complexity index is 2160. The van der Waals surface area contributed by atoms with E-state index in [2.05, 4.69) is 116 Å². The molecule has 5 aromatic rings.